The van der Waals surface area contributed by atoms with Gasteiger partial charge in [-0.2, -0.15) is 0 Å². The van der Waals surface area contributed by atoms with Crippen molar-refractivity contribution in [3.63, 3.8) is 0 Å². The van der Waals surface area contributed by atoms with Crippen LogP contribution >= 0.6 is 11.3 Å². The van der Waals surface area contributed by atoms with Crippen LogP contribution in [-0.4, -0.2) is 16.7 Å². The highest BCUT2D eigenvalue weighted by Crippen LogP contribution is 2.15. The quantitative estimate of drug-likeness (QED) is 0.728. The van der Waals surface area contributed by atoms with Crippen molar-refractivity contribution >= 4 is 11.3 Å². The van der Waals surface area contributed by atoms with E-state index in [9.17, 15) is 0 Å². The predicted molar refractivity (Wildman–Crippen MR) is 65.1 cm³/mol. The zero-order valence-electron chi connectivity index (χ0n) is 9.92. The van der Waals surface area contributed by atoms with Gasteiger partial charge in [-0.15, -0.1) is 21.5 Å². The van der Waals surface area contributed by atoms with Gasteiger partial charge in [-0.1, -0.05) is 27.2 Å². The molecule has 1 rings (SSSR count). The molecule has 0 saturated heterocycles. The van der Waals surface area contributed by atoms with Gasteiger partial charge in [0.15, 0.2) is 0 Å². The van der Waals surface area contributed by atoms with E-state index < -0.39 is 0 Å². The number of nitrogens with one attached hydrogen (secondary N) is 1. The van der Waals surface area contributed by atoms with Crippen molar-refractivity contribution < 1.29 is 0 Å². The smallest absolute Gasteiger partial charge is 0.131 e. The van der Waals surface area contributed by atoms with Gasteiger partial charge in [-0.05, 0) is 18.9 Å². The first kappa shape index (κ1) is 12.6. The standard InChI is InChI=1S/C11H21N3S/c1-4-6-12-8-11-14-13-10(15-11)7-9(3)5-2/h9,12H,4-8H2,1-3H3. The molecule has 1 unspecified atom stereocenters. The molecule has 3 nitrogen and oxygen atoms in total. The van der Waals surface area contributed by atoms with Gasteiger partial charge >= 0.3 is 0 Å². The Bertz CT molecular complexity index is 273. The number of rotatable bonds is 7. The molecule has 0 amide bonds. The van der Waals surface area contributed by atoms with Gasteiger partial charge in [0.2, 0.25) is 0 Å². The lowest BCUT2D eigenvalue weighted by atomic mass is 10.1. The largest absolute Gasteiger partial charge is 0.310 e. The third-order valence-corrected chi connectivity index (χ3v) is 3.38. The second kappa shape index (κ2) is 6.90. The van der Waals surface area contributed by atoms with E-state index in [2.05, 4.69) is 36.3 Å². The first-order valence-electron chi connectivity index (χ1n) is 5.78. The molecule has 1 atom stereocenters. The summed E-state index contributed by atoms with van der Waals surface area (Å²) in [6, 6.07) is 0. The summed E-state index contributed by atoms with van der Waals surface area (Å²) in [6.45, 7) is 8.57. The molecule has 1 aromatic rings. The lowest BCUT2D eigenvalue weighted by molar-refractivity contribution is 0.556. The summed E-state index contributed by atoms with van der Waals surface area (Å²) in [5.41, 5.74) is 0. The molecule has 0 spiro atoms. The SMILES string of the molecule is CCCNCc1nnc(CC(C)CC)s1. The molecule has 0 aliphatic rings. The van der Waals surface area contributed by atoms with E-state index in [1.807, 2.05) is 0 Å². The molecule has 1 heterocycles. The minimum absolute atomic E-state index is 0.717. The van der Waals surface area contributed by atoms with Gasteiger partial charge in [-0.25, -0.2) is 0 Å². The fourth-order valence-electron chi connectivity index (χ4n) is 1.26. The van der Waals surface area contributed by atoms with Crippen LogP contribution < -0.4 is 5.32 Å². The van der Waals surface area contributed by atoms with Crippen molar-refractivity contribution in [1.29, 1.82) is 0 Å². The van der Waals surface area contributed by atoms with Crippen molar-refractivity contribution in [1.82, 2.24) is 15.5 Å². The molecule has 86 valence electrons. The molecule has 15 heavy (non-hydrogen) atoms. The van der Waals surface area contributed by atoms with E-state index in [1.54, 1.807) is 11.3 Å². The van der Waals surface area contributed by atoms with Crippen LogP contribution in [0.5, 0.6) is 0 Å². The zero-order valence-corrected chi connectivity index (χ0v) is 10.7. The first-order chi connectivity index (χ1) is 7.26. The minimum Gasteiger partial charge on any atom is -0.310 e. The highest BCUT2D eigenvalue weighted by atomic mass is 32.1. The lowest BCUT2D eigenvalue weighted by Gasteiger charge is -2.02. The Balaban J connectivity index is 2.35. The van der Waals surface area contributed by atoms with Gasteiger partial charge in [0.05, 0.1) is 0 Å². The van der Waals surface area contributed by atoms with Crippen LogP contribution in [0.2, 0.25) is 0 Å². The molecule has 4 heteroatoms. The summed E-state index contributed by atoms with van der Waals surface area (Å²) in [5.74, 6) is 0.717. The van der Waals surface area contributed by atoms with E-state index in [0.717, 1.165) is 30.4 Å². The molecular weight excluding hydrogens is 206 g/mol. The van der Waals surface area contributed by atoms with Crippen LogP contribution in [0.25, 0.3) is 0 Å². The van der Waals surface area contributed by atoms with Crippen molar-refractivity contribution in [2.24, 2.45) is 5.92 Å². The third-order valence-electron chi connectivity index (χ3n) is 2.43. The molecule has 0 aliphatic carbocycles. The highest BCUT2D eigenvalue weighted by Gasteiger charge is 2.07. The van der Waals surface area contributed by atoms with Crippen LogP contribution in [0, 0.1) is 5.92 Å². The molecule has 0 saturated carbocycles. The monoisotopic (exact) mass is 227 g/mol. The summed E-state index contributed by atoms with van der Waals surface area (Å²) in [5, 5.41) is 14.0. The van der Waals surface area contributed by atoms with Crippen LogP contribution in [0.3, 0.4) is 0 Å². The van der Waals surface area contributed by atoms with Crippen LogP contribution in [0.1, 0.15) is 43.6 Å². The fraction of sp³-hybridized carbons (Fsp3) is 0.818. The van der Waals surface area contributed by atoms with Crippen molar-refractivity contribution in [2.75, 3.05) is 6.54 Å². The minimum atomic E-state index is 0.717. The van der Waals surface area contributed by atoms with E-state index in [4.69, 9.17) is 0 Å². The third kappa shape index (κ3) is 4.71. The molecule has 0 radical (unpaired) electrons. The summed E-state index contributed by atoms with van der Waals surface area (Å²) in [7, 11) is 0. The summed E-state index contributed by atoms with van der Waals surface area (Å²) in [4.78, 5) is 0. The maximum absolute atomic E-state index is 4.21. The average Bonchev–Trinajstić information content (AvgIpc) is 2.66. The Kier molecular flexibility index (Phi) is 5.79. The van der Waals surface area contributed by atoms with E-state index in [0.29, 0.717) is 0 Å². The molecule has 0 fully saturated rings. The van der Waals surface area contributed by atoms with Crippen molar-refractivity contribution in [2.45, 2.75) is 46.6 Å². The Morgan fingerprint density at radius 2 is 2.00 bits per heavy atom. The zero-order chi connectivity index (χ0) is 11.1. The summed E-state index contributed by atoms with van der Waals surface area (Å²) in [6.07, 6.45) is 3.45. The number of hydrogen-bond acceptors (Lipinski definition) is 4. The average molecular weight is 227 g/mol. The Hall–Kier alpha value is -0.480. The topological polar surface area (TPSA) is 37.8 Å². The second-order valence-electron chi connectivity index (χ2n) is 3.98. The predicted octanol–water partition coefficient (Wildman–Crippen LogP) is 2.63. The molecule has 0 bridgehead atoms. The van der Waals surface area contributed by atoms with E-state index >= 15 is 0 Å². The maximum Gasteiger partial charge on any atom is 0.131 e. The highest BCUT2D eigenvalue weighted by molar-refractivity contribution is 7.11. The van der Waals surface area contributed by atoms with Crippen LogP contribution in [0.15, 0.2) is 0 Å². The molecule has 1 aromatic heterocycles. The van der Waals surface area contributed by atoms with Gasteiger partial charge in [0.1, 0.15) is 10.0 Å². The summed E-state index contributed by atoms with van der Waals surface area (Å²) < 4.78 is 0. The van der Waals surface area contributed by atoms with Crippen molar-refractivity contribution in [3.05, 3.63) is 10.0 Å². The lowest BCUT2D eigenvalue weighted by Crippen LogP contribution is -2.13. The molecular formula is C11H21N3S. The van der Waals surface area contributed by atoms with Gasteiger partial charge < -0.3 is 5.32 Å². The Morgan fingerprint density at radius 3 is 2.67 bits per heavy atom. The van der Waals surface area contributed by atoms with Crippen molar-refractivity contribution in [3.8, 4) is 0 Å². The molecule has 1 N–H and O–H groups in total. The molecule has 0 aliphatic heterocycles. The summed E-state index contributed by atoms with van der Waals surface area (Å²) >= 11 is 1.74. The van der Waals surface area contributed by atoms with Gasteiger partial charge in [0.25, 0.3) is 0 Å². The van der Waals surface area contributed by atoms with E-state index in [-0.39, 0.29) is 0 Å². The van der Waals surface area contributed by atoms with Crippen LogP contribution in [0.4, 0.5) is 0 Å². The number of nitrogens with zero attached hydrogens (tertiary/aromatic N) is 2. The first-order valence-corrected chi connectivity index (χ1v) is 6.59. The molecule has 0 aromatic carbocycles. The second-order valence-corrected chi connectivity index (χ2v) is 5.13. The van der Waals surface area contributed by atoms with E-state index in [1.165, 1.54) is 17.8 Å². The maximum atomic E-state index is 4.21. The van der Waals surface area contributed by atoms with Gasteiger partial charge in [0, 0.05) is 13.0 Å². The normalized spacial score (nSPS) is 13.0. The Morgan fingerprint density at radius 1 is 1.27 bits per heavy atom. The number of aromatic nitrogens is 2. The fourth-order valence-corrected chi connectivity index (χ4v) is 2.23. The Labute approximate surface area is 96.3 Å². The van der Waals surface area contributed by atoms with Crippen LogP contribution in [-0.2, 0) is 13.0 Å². The number of hydrogen-bond donors (Lipinski definition) is 1. The van der Waals surface area contributed by atoms with Gasteiger partial charge in [-0.3, -0.25) is 0 Å².